The van der Waals surface area contributed by atoms with Crippen molar-refractivity contribution >= 4 is 22.5 Å². The van der Waals surface area contributed by atoms with E-state index in [9.17, 15) is 0 Å². The molecule has 0 heterocycles. The van der Waals surface area contributed by atoms with E-state index in [1.54, 1.807) is 7.11 Å². The molecule has 0 saturated carbocycles. The summed E-state index contributed by atoms with van der Waals surface area (Å²) in [5.74, 6) is 0.957. The number of fused-ring (bicyclic) bond motifs is 1. The molecule has 1 N–H and O–H groups in total. The highest BCUT2D eigenvalue weighted by molar-refractivity contribution is 7.99. The van der Waals surface area contributed by atoms with Gasteiger partial charge in [0.1, 0.15) is 5.75 Å². The Labute approximate surface area is 125 Å². The zero-order valence-electron chi connectivity index (χ0n) is 12.7. The van der Waals surface area contributed by atoms with Crippen LogP contribution in [0.1, 0.15) is 19.4 Å². The first-order valence-electron chi connectivity index (χ1n) is 6.88. The van der Waals surface area contributed by atoms with Crippen LogP contribution in [0.2, 0.25) is 0 Å². The standard InChI is InChI=1S/C17H23NOS/c1-17(2,20-4)12-18-11-15-14-8-6-5-7-13(14)9-10-16(15)19-3/h5-10,18H,11-12H2,1-4H3. The highest BCUT2D eigenvalue weighted by Crippen LogP contribution is 2.28. The Hall–Kier alpha value is -1.19. The molecule has 0 radical (unpaired) electrons. The van der Waals surface area contributed by atoms with Gasteiger partial charge in [-0.25, -0.2) is 0 Å². The average molecular weight is 289 g/mol. The molecule has 108 valence electrons. The minimum Gasteiger partial charge on any atom is -0.496 e. The SMILES string of the molecule is COc1ccc2ccccc2c1CNCC(C)(C)SC. The van der Waals surface area contributed by atoms with Gasteiger partial charge in [-0.05, 0) is 36.9 Å². The summed E-state index contributed by atoms with van der Waals surface area (Å²) in [4.78, 5) is 0. The van der Waals surface area contributed by atoms with E-state index in [1.165, 1.54) is 16.3 Å². The highest BCUT2D eigenvalue weighted by atomic mass is 32.2. The first-order valence-corrected chi connectivity index (χ1v) is 8.10. The molecule has 0 bridgehead atoms. The van der Waals surface area contributed by atoms with Crippen molar-refractivity contribution in [1.82, 2.24) is 5.32 Å². The van der Waals surface area contributed by atoms with Crippen LogP contribution in [0.15, 0.2) is 36.4 Å². The number of ether oxygens (including phenoxy) is 1. The molecule has 0 atom stereocenters. The van der Waals surface area contributed by atoms with Gasteiger partial charge in [0, 0.05) is 23.4 Å². The number of rotatable bonds is 6. The third-order valence-corrected chi connectivity index (χ3v) is 4.87. The summed E-state index contributed by atoms with van der Waals surface area (Å²) in [6.45, 7) is 6.31. The van der Waals surface area contributed by atoms with Crippen molar-refractivity contribution in [2.45, 2.75) is 25.1 Å². The van der Waals surface area contributed by atoms with Crippen molar-refractivity contribution in [2.75, 3.05) is 19.9 Å². The Morgan fingerprint density at radius 3 is 2.60 bits per heavy atom. The van der Waals surface area contributed by atoms with Crippen molar-refractivity contribution in [3.63, 3.8) is 0 Å². The molecular formula is C17H23NOS. The van der Waals surface area contributed by atoms with E-state index < -0.39 is 0 Å². The van der Waals surface area contributed by atoms with Gasteiger partial charge in [0.2, 0.25) is 0 Å². The second-order valence-electron chi connectivity index (χ2n) is 5.53. The number of hydrogen-bond donors (Lipinski definition) is 1. The second-order valence-corrected chi connectivity index (χ2v) is 7.05. The smallest absolute Gasteiger partial charge is 0.123 e. The minimum absolute atomic E-state index is 0.248. The largest absolute Gasteiger partial charge is 0.496 e. The third kappa shape index (κ3) is 3.47. The lowest BCUT2D eigenvalue weighted by Gasteiger charge is -2.23. The van der Waals surface area contributed by atoms with Crippen LogP contribution >= 0.6 is 11.8 Å². The number of nitrogens with one attached hydrogen (secondary N) is 1. The van der Waals surface area contributed by atoms with E-state index in [-0.39, 0.29) is 4.75 Å². The Kier molecular flexibility index (Phi) is 4.95. The molecule has 2 nitrogen and oxygen atoms in total. The van der Waals surface area contributed by atoms with Crippen LogP contribution in [0.4, 0.5) is 0 Å². The van der Waals surface area contributed by atoms with E-state index in [0.29, 0.717) is 0 Å². The summed E-state index contributed by atoms with van der Waals surface area (Å²) >= 11 is 1.88. The molecule has 20 heavy (non-hydrogen) atoms. The number of methoxy groups -OCH3 is 1. The molecule has 0 fully saturated rings. The maximum Gasteiger partial charge on any atom is 0.123 e. The molecule has 0 aliphatic rings. The molecule has 2 rings (SSSR count). The first kappa shape index (κ1) is 15.2. The summed E-state index contributed by atoms with van der Waals surface area (Å²) in [7, 11) is 1.74. The fourth-order valence-electron chi connectivity index (χ4n) is 2.25. The van der Waals surface area contributed by atoms with Gasteiger partial charge in [-0.2, -0.15) is 11.8 Å². The van der Waals surface area contributed by atoms with Crippen molar-refractivity contribution < 1.29 is 4.74 Å². The van der Waals surface area contributed by atoms with Gasteiger partial charge in [0.25, 0.3) is 0 Å². The van der Waals surface area contributed by atoms with Gasteiger partial charge in [-0.15, -0.1) is 0 Å². The average Bonchev–Trinajstić information content (AvgIpc) is 2.47. The predicted octanol–water partition coefficient (Wildman–Crippen LogP) is 4.08. The number of thioether (sulfide) groups is 1. The van der Waals surface area contributed by atoms with Crippen molar-refractivity contribution in [3.8, 4) is 5.75 Å². The summed E-state index contributed by atoms with van der Waals surface area (Å²) < 4.78 is 5.77. The van der Waals surface area contributed by atoms with Crippen molar-refractivity contribution in [2.24, 2.45) is 0 Å². The first-order chi connectivity index (χ1) is 9.57. The Bertz CT molecular complexity index is 580. The zero-order chi connectivity index (χ0) is 14.6. The van der Waals surface area contributed by atoms with Crippen molar-refractivity contribution in [1.29, 1.82) is 0 Å². The van der Waals surface area contributed by atoms with Gasteiger partial charge in [-0.3, -0.25) is 0 Å². The van der Waals surface area contributed by atoms with Crippen LogP contribution in [-0.2, 0) is 6.54 Å². The monoisotopic (exact) mass is 289 g/mol. The van der Waals surface area contributed by atoms with Crippen LogP contribution in [0.5, 0.6) is 5.75 Å². The normalized spacial score (nSPS) is 11.8. The molecule has 3 heteroatoms. The van der Waals surface area contributed by atoms with Gasteiger partial charge in [-0.1, -0.05) is 30.3 Å². The molecule has 0 aliphatic heterocycles. The lowest BCUT2D eigenvalue weighted by atomic mass is 10.0. The molecule has 0 spiro atoms. The van der Waals surface area contributed by atoms with Crippen molar-refractivity contribution in [3.05, 3.63) is 42.0 Å². The molecule has 0 unspecified atom stereocenters. The predicted molar refractivity (Wildman–Crippen MR) is 89.8 cm³/mol. The van der Waals surface area contributed by atoms with Gasteiger partial charge < -0.3 is 10.1 Å². The van der Waals surface area contributed by atoms with Gasteiger partial charge in [0.05, 0.1) is 7.11 Å². The molecular weight excluding hydrogens is 266 g/mol. The van der Waals surface area contributed by atoms with Gasteiger partial charge >= 0.3 is 0 Å². The number of benzene rings is 2. The molecule has 0 aromatic heterocycles. The van der Waals surface area contributed by atoms with E-state index in [4.69, 9.17) is 4.74 Å². The van der Waals surface area contributed by atoms with Crippen LogP contribution in [0.3, 0.4) is 0 Å². The highest BCUT2D eigenvalue weighted by Gasteiger charge is 2.16. The fraction of sp³-hybridized carbons (Fsp3) is 0.412. The molecule has 2 aromatic rings. The van der Waals surface area contributed by atoms with Crippen LogP contribution in [-0.4, -0.2) is 24.7 Å². The Balaban J connectivity index is 2.23. The molecule has 0 amide bonds. The summed E-state index contributed by atoms with van der Waals surface area (Å²) in [6, 6.07) is 12.6. The Morgan fingerprint density at radius 1 is 1.15 bits per heavy atom. The molecule has 0 aliphatic carbocycles. The topological polar surface area (TPSA) is 21.3 Å². The maximum atomic E-state index is 5.52. The minimum atomic E-state index is 0.248. The Morgan fingerprint density at radius 2 is 1.90 bits per heavy atom. The lowest BCUT2D eigenvalue weighted by molar-refractivity contribution is 0.408. The van der Waals surface area contributed by atoms with E-state index in [2.05, 4.69) is 61.8 Å². The van der Waals surface area contributed by atoms with E-state index >= 15 is 0 Å². The van der Waals surface area contributed by atoms with Crippen LogP contribution in [0.25, 0.3) is 10.8 Å². The lowest BCUT2D eigenvalue weighted by Crippen LogP contribution is -2.31. The van der Waals surface area contributed by atoms with Crippen LogP contribution in [0, 0.1) is 0 Å². The fourth-order valence-corrected chi connectivity index (χ4v) is 2.50. The quantitative estimate of drug-likeness (QED) is 0.866. The van der Waals surface area contributed by atoms with E-state index in [0.717, 1.165) is 18.8 Å². The summed E-state index contributed by atoms with van der Waals surface area (Å²) in [5.41, 5.74) is 1.24. The van der Waals surface area contributed by atoms with E-state index in [1.807, 2.05) is 11.8 Å². The maximum absolute atomic E-state index is 5.52. The second kappa shape index (κ2) is 6.51. The van der Waals surface area contributed by atoms with Crippen LogP contribution < -0.4 is 10.1 Å². The zero-order valence-corrected chi connectivity index (χ0v) is 13.5. The van der Waals surface area contributed by atoms with Gasteiger partial charge in [0.15, 0.2) is 0 Å². The molecule has 2 aromatic carbocycles. The third-order valence-electron chi connectivity index (χ3n) is 3.62. The summed E-state index contributed by atoms with van der Waals surface area (Å²) in [6.07, 6.45) is 2.15. The number of hydrogen-bond acceptors (Lipinski definition) is 3. The summed E-state index contributed by atoms with van der Waals surface area (Å²) in [5, 5.41) is 6.08. The molecule has 0 saturated heterocycles.